The molecule has 0 N–H and O–H groups in total. The summed E-state index contributed by atoms with van der Waals surface area (Å²) in [7, 11) is 0. The van der Waals surface area contributed by atoms with E-state index in [1.54, 1.807) is 17.3 Å². The lowest BCUT2D eigenvalue weighted by Crippen LogP contribution is -2.24. The van der Waals surface area contributed by atoms with Crippen LogP contribution < -0.4 is 0 Å². The summed E-state index contributed by atoms with van der Waals surface area (Å²) >= 11 is 0. The molecule has 1 aromatic rings. The molecule has 2 heterocycles. The van der Waals surface area contributed by atoms with Gasteiger partial charge in [-0.2, -0.15) is 0 Å². The minimum atomic E-state index is 0.0575. The predicted molar refractivity (Wildman–Crippen MR) is 54.4 cm³/mol. The second kappa shape index (κ2) is 4.09. The lowest BCUT2D eigenvalue weighted by molar-refractivity contribution is -0.128. The highest BCUT2D eigenvalue weighted by Gasteiger charge is 2.27. The number of amides is 1. The van der Waals surface area contributed by atoms with E-state index >= 15 is 0 Å². The maximum Gasteiger partial charge on any atom is 0.224 e. The molecule has 1 aliphatic rings. The van der Waals surface area contributed by atoms with Gasteiger partial charge in [0.15, 0.2) is 0 Å². The second-order valence-corrected chi connectivity index (χ2v) is 3.59. The number of aromatic nitrogens is 2. The Kier molecular flexibility index (Phi) is 2.64. The van der Waals surface area contributed by atoms with Crippen LogP contribution in [0.2, 0.25) is 0 Å². The molecular formula is C11H11N3O. The monoisotopic (exact) mass is 201 g/mol. The minimum Gasteiger partial charge on any atom is -0.337 e. The normalized spacial score (nSPS) is 20.3. The van der Waals surface area contributed by atoms with E-state index in [0.717, 1.165) is 5.56 Å². The molecule has 0 bridgehead atoms. The maximum atomic E-state index is 11.5. The van der Waals surface area contributed by atoms with E-state index in [4.69, 9.17) is 6.42 Å². The fourth-order valence-corrected chi connectivity index (χ4v) is 1.67. The first-order chi connectivity index (χ1) is 7.29. The SMILES string of the molecule is C#CC1CC(=O)N(Cc2cncnc2)C1. The second-order valence-electron chi connectivity index (χ2n) is 3.59. The van der Waals surface area contributed by atoms with E-state index in [1.165, 1.54) is 6.33 Å². The quantitative estimate of drug-likeness (QED) is 0.653. The summed E-state index contributed by atoms with van der Waals surface area (Å²) in [6.07, 6.45) is 10.7. The van der Waals surface area contributed by atoms with Crippen molar-refractivity contribution in [1.29, 1.82) is 0 Å². The number of carbonyl (C=O) groups excluding carboxylic acids is 1. The predicted octanol–water partition coefficient (Wildman–Crippen LogP) is 0.458. The van der Waals surface area contributed by atoms with Gasteiger partial charge in [-0.1, -0.05) is 0 Å². The maximum absolute atomic E-state index is 11.5. The Balaban J connectivity index is 2.02. The van der Waals surface area contributed by atoms with Crippen LogP contribution in [0.3, 0.4) is 0 Å². The number of hydrogen-bond acceptors (Lipinski definition) is 3. The molecule has 1 unspecified atom stereocenters. The first kappa shape index (κ1) is 9.66. The first-order valence-electron chi connectivity index (χ1n) is 4.77. The van der Waals surface area contributed by atoms with Crippen LogP contribution in [-0.4, -0.2) is 27.3 Å². The zero-order valence-electron chi connectivity index (χ0n) is 8.26. The number of rotatable bonds is 2. The van der Waals surface area contributed by atoms with Gasteiger partial charge in [0.25, 0.3) is 0 Å². The molecule has 4 heteroatoms. The van der Waals surface area contributed by atoms with Gasteiger partial charge in [0.2, 0.25) is 5.91 Å². The van der Waals surface area contributed by atoms with Gasteiger partial charge in [-0.25, -0.2) is 9.97 Å². The van der Waals surface area contributed by atoms with Crippen molar-refractivity contribution < 1.29 is 4.79 Å². The average molecular weight is 201 g/mol. The van der Waals surface area contributed by atoms with Crippen LogP contribution in [0.1, 0.15) is 12.0 Å². The van der Waals surface area contributed by atoms with Gasteiger partial charge in [-0.3, -0.25) is 4.79 Å². The number of carbonyl (C=O) groups is 1. The third-order valence-corrected chi connectivity index (χ3v) is 2.44. The van der Waals surface area contributed by atoms with E-state index in [2.05, 4.69) is 15.9 Å². The molecule has 1 aromatic heterocycles. The first-order valence-corrected chi connectivity index (χ1v) is 4.77. The van der Waals surface area contributed by atoms with Crippen LogP contribution in [0.4, 0.5) is 0 Å². The van der Waals surface area contributed by atoms with Crippen molar-refractivity contribution in [1.82, 2.24) is 14.9 Å². The van der Waals surface area contributed by atoms with Crippen LogP contribution in [0.25, 0.3) is 0 Å². The lowest BCUT2D eigenvalue weighted by atomic mass is 10.1. The molecule has 0 radical (unpaired) electrons. The van der Waals surface area contributed by atoms with Gasteiger partial charge in [-0.15, -0.1) is 12.3 Å². The summed E-state index contributed by atoms with van der Waals surface area (Å²) in [6, 6.07) is 0. The van der Waals surface area contributed by atoms with E-state index in [1.807, 2.05) is 0 Å². The van der Waals surface area contributed by atoms with E-state index < -0.39 is 0 Å². The summed E-state index contributed by atoms with van der Waals surface area (Å²) in [4.78, 5) is 21.1. The number of nitrogens with zero attached hydrogens (tertiary/aromatic N) is 3. The Morgan fingerprint density at radius 3 is 2.87 bits per heavy atom. The smallest absolute Gasteiger partial charge is 0.224 e. The van der Waals surface area contributed by atoms with Gasteiger partial charge < -0.3 is 4.90 Å². The highest BCUT2D eigenvalue weighted by molar-refractivity contribution is 5.79. The lowest BCUT2D eigenvalue weighted by Gasteiger charge is -2.14. The molecule has 0 spiro atoms. The Bertz CT molecular complexity index is 396. The molecule has 76 valence electrons. The molecule has 0 saturated carbocycles. The third kappa shape index (κ3) is 2.13. The van der Waals surface area contributed by atoms with Gasteiger partial charge in [0.05, 0.1) is 0 Å². The van der Waals surface area contributed by atoms with Crippen molar-refractivity contribution in [2.24, 2.45) is 5.92 Å². The average Bonchev–Trinajstić information content (AvgIpc) is 2.61. The van der Waals surface area contributed by atoms with Crippen LogP contribution in [0.5, 0.6) is 0 Å². The van der Waals surface area contributed by atoms with Crippen LogP contribution >= 0.6 is 0 Å². The molecule has 0 aliphatic carbocycles. The molecule has 4 nitrogen and oxygen atoms in total. The zero-order valence-corrected chi connectivity index (χ0v) is 8.26. The fourth-order valence-electron chi connectivity index (χ4n) is 1.67. The Hall–Kier alpha value is -1.89. The highest BCUT2D eigenvalue weighted by atomic mass is 16.2. The number of terminal acetylenes is 1. The molecule has 15 heavy (non-hydrogen) atoms. The summed E-state index contributed by atoms with van der Waals surface area (Å²) < 4.78 is 0. The highest BCUT2D eigenvalue weighted by Crippen LogP contribution is 2.18. The number of likely N-dealkylation sites (tertiary alicyclic amines) is 1. The summed E-state index contributed by atoms with van der Waals surface area (Å²) in [5, 5.41) is 0. The van der Waals surface area contributed by atoms with E-state index in [0.29, 0.717) is 19.5 Å². The standard InChI is InChI=1S/C11H11N3O/c1-2-9-3-11(15)14(6-9)7-10-4-12-8-13-5-10/h1,4-5,8-9H,3,6-7H2. The molecule has 1 atom stereocenters. The Morgan fingerprint density at radius 1 is 1.53 bits per heavy atom. The van der Waals surface area contributed by atoms with E-state index in [9.17, 15) is 4.79 Å². The van der Waals surface area contributed by atoms with Crippen molar-refractivity contribution in [2.45, 2.75) is 13.0 Å². The summed E-state index contributed by atoms with van der Waals surface area (Å²) in [5.74, 6) is 2.79. The van der Waals surface area contributed by atoms with Crippen molar-refractivity contribution in [2.75, 3.05) is 6.54 Å². The van der Waals surface area contributed by atoms with Gasteiger partial charge in [0, 0.05) is 43.4 Å². The molecule has 2 rings (SSSR count). The van der Waals surface area contributed by atoms with Crippen molar-refractivity contribution >= 4 is 5.91 Å². The van der Waals surface area contributed by atoms with Gasteiger partial charge in [0.1, 0.15) is 6.33 Å². The largest absolute Gasteiger partial charge is 0.337 e. The topological polar surface area (TPSA) is 46.1 Å². The van der Waals surface area contributed by atoms with Crippen molar-refractivity contribution in [3.63, 3.8) is 0 Å². The zero-order chi connectivity index (χ0) is 10.7. The summed E-state index contributed by atoms with van der Waals surface area (Å²) in [6.45, 7) is 1.20. The third-order valence-electron chi connectivity index (χ3n) is 2.44. The Morgan fingerprint density at radius 2 is 2.27 bits per heavy atom. The fraction of sp³-hybridized carbons (Fsp3) is 0.364. The molecule has 1 amide bonds. The molecule has 1 saturated heterocycles. The van der Waals surface area contributed by atoms with Crippen LogP contribution in [-0.2, 0) is 11.3 Å². The summed E-state index contributed by atoms with van der Waals surface area (Å²) in [5.41, 5.74) is 0.934. The van der Waals surface area contributed by atoms with Crippen molar-refractivity contribution in [3.8, 4) is 12.3 Å². The number of hydrogen-bond donors (Lipinski definition) is 0. The Labute approximate surface area is 88.3 Å². The molecular weight excluding hydrogens is 190 g/mol. The minimum absolute atomic E-state index is 0.0575. The van der Waals surface area contributed by atoms with Gasteiger partial charge in [-0.05, 0) is 0 Å². The van der Waals surface area contributed by atoms with Crippen molar-refractivity contribution in [3.05, 3.63) is 24.3 Å². The molecule has 1 aliphatic heterocycles. The van der Waals surface area contributed by atoms with Crippen LogP contribution in [0.15, 0.2) is 18.7 Å². The molecule has 1 fully saturated rings. The van der Waals surface area contributed by atoms with E-state index in [-0.39, 0.29) is 11.8 Å². The van der Waals surface area contributed by atoms with Gasteiger partial charge >= 0.3 is 0 Å². The molecule has 0 aromatic carbocycles. The van der Waals surface area contributed by atoms with Crippen LogP contribution in [0, 0.1) is 18.3 Å².